The van der Waals surface area contributed by atoms with Crippen molar-refractivity contribution in [2.24, 2.45) is 0 Å². The molecule has 0 aliphatic carbocycles. The first-order chi connectivity index (χ1) is 7.86. The Hall–Kier alpha value is -1.76. The number of aromatic nitrogens is 1. The van der Waals surface area contributed by atoms with Gasteiger partial charge in [0.1, 0.15) is 0 Å². The maximum Gasteiger partial charge on any atom is 0.0463 e. The van der Waals surface area contributed by atoms with Crippen LogP contribution in [0.1, 0.15) is 19.4 Å². The number of rotatable bonds is 0. The molecule has 0 unspecified atom stereocenters. The molecular formula is C15H17N. The molecule has 2 aromatic carbocycles. The van der Waals surface area contributed by atoms with E-state index in [-0.39, 0.29) is 0 Å². The van der Waals surface area contributed by atoms with Crippen molar-refractivity contribution in [1.82, 2.24) is 4.98 Å². The molecule has 0 bridgehead atoms. The molecule has 0 atom stereocenters. The van der Waals surface area contributed by atoms with E-state index in [1.807, 2.05) is 13.8 Å². The number of aryl methyl sites for hydroxylation is 1. The largest absolute Gasteiger partial charge is 0.361 e. The van der Waals surface area contributed by atoms with Crippen LogP contribution in [0.25, 0.3) is 21.7 Å². The van der Waals surface area contributed by atoms with Gasteiger partial charge in [-0.25, -0.2) is 0 Å². The summed E-state index contributed by atoms with van der Waals surface area (Å²) in [6, 6.07) is 12.8. The second-order valence-electron chi connectivity index (χ2n) is 3.68. The van der Waals surface area contributed by atoms with Gasteiger partial charge in [0.2, 0.25) is 0 Å². The summed E-state index contributed by atoms with van der Waals surface area (Å²) in [6.07, 6.45) is 2.07. The summed E-state index contributed by atoms with van der Waals surface area (Å²) in [5.41, 5.74) is 2.54. The summed E-state index contributed by atoms with van der Waals surface area (Å²) in [5.74, 6) is 0. The predicted molar refractivity (Wildman–Crippen MR) is 71.9 cm³/mol. The van der Waals surface area contributed by atoms with Crippen molar-refractivity contribution < 1.29 is 0 Å². The number of fused-ring (bicyclic) bond motifs is 3. The first kappa shape index (κ1) is 10.7. The van der Waals surface area contributed by atoms with E-state index in [9.17, 15) is 0 Å². The number of H-pyrrole nitrogens is 1. The first-order valence-electron chi connectivity index (χ1n) is 5.82. The highest BCUT2D eigenvalue weighted by Crippen LogP contribution is 2.27. The van der Waals surface area contributed by atoms with Crippen LogP contribution in [0, 0.1) is 6.92 Å². The van der Waals surface area contributed by atoms with Crippen LogP contribution in [0.5, 0.6) is 0 Å². The van der Waals surface area contributed by atoms with Gasteiger partial charge in [0.05, 0.1) is 0 Å². The summed E-state index contributed by atoms with van der Waals surface area (Å²) in [5, 5.41) is 3.99. The van der Waals surface area contributed by atoms with Crippen molar-refractivity contribution in [2.75, 3.05) is 0 Å². The Balaban J connectivity index is 0.000000457. The minimum atomic E-state index is 1.22. The average molecular weight is 211 g/mol. The van der Waals surface area contributed by atoms with E-state index in [1.165, 1.54) is 27.2 Å². The SMILES string of the molecule is CC.Cc1c[nH]c2ccc3ccccc3c12. The Kier molecular flexibility index (Phi) is 2.95. The minimum absolute atomic E-state index is 1.22. The van der Waals surface area contributed by atoms with E-state index < -0.39 is 0 Å². The lowest BCUT2D eigenvalue weighted by atomic mass is 10.0. The Morgan fingerprint density at radius 1 is 0.938 bits per heavy atom. The molecule has 0 fully saturated rings. The van der Waals surface area contributed by atoms with Gasteiger partial charge in [-0.05, 0) is 29.3 Å². The van der Waals surface area contributed by atoms with Gasteiger partial charge in [-0.1, -0.05) is 44.2 Å². The van der Waals surface area contributed by atoms with Crippen LogP contribution < -0.4 is 0 Å². The minimum Gasteiger partial charge on any atom is -0.361 e. The molecule has 1 heteroatoms. The summed E-state index contributed by atoms with van der Waals surface area (Å²) in [4.78, 5) is 3.28. The fraction of sp³-hybridized carbons (Fsp3) is 0.200. The zero-order valence-electron chi connectivity index (χ0n) is 10.0. The van der Waals surface area contributed by atoms with Crippen LogP contribution in [0.15, 0.2) is 42.6 Å². The highest BCUT2D eigenvalue weighted by molar-refractivity contribution is 6.08. The standard InChI is InChI=1S/C13H11N.C2H6/c1-9-8-14-12-7-6-10-4-2-3-5-11(10)13(9)12;1-2/h2-8,14H,1H3;1-2H3. The van der Waals surface area contributed by atoms with Crippen LogP contribution in [-0.4, -0.2) is 4.98 Å². The van der Waals surface area contributed by atoms with E-state index in [2.05, 4.69) is 54.5 Å². The van der Waals surface area contributed by atoms with Gasteiger partial charge < -0.3 is 4.98 Å². The molecule has 3 rings (SSSR count). The summed E-state index contributed by atoms with van der Waals surface area (Å²) >= 11 is 0. The molecule has 0 saturated heterocycles. The molecule has 1 aromatic heterocycles. The molecule has 1 N–H and O–H groups in total. The molecule has 1 heterocycles. The van der Waals surface area contributed by atoms with Crippen molar-refractivity contribution in [1.29, 1.82) is 0 Å². The molecule has 16 heavy (non-hydrogen) atoms. The maximum absolute atomic E-state index is 3.28. The van der Waals surface area contributed by atoms with Crippen molar-refractivity contribution >= 4 is 21.7 Å². The molecule has 1 nitrogen and oxygen atoms in total. The second-order valence-corrected chi connectivity index (χ2v) is 3.68. The Morgan fingerprint density at radius 3 is 2.50 bits per heavy atom. The zero-order valence-corrected chi connectivity index (χ0v) is 10.0. The fourth-order valence-electron chi connectivity index (χ4n) is 2.07. The molecule has 0 spiro atoms. The van der Waals surface area contributed by atoms with Gasteiger partial charge >= 0.3 is 0 Å². The fourth-order valence-corrected chi connectivity index (χ4v) is 2.07. The number of hydrogen-bond donors (Lipinski definition) is 1. The van der Waals surface area contributed by atoms with Gasteiger partial charge in [-0.2, -0.15) is 0 Å². The van der Waals surface area contributed by atoms with E-state index >= 15 is 0 Å². The third kappa shape index (κ3) is 1.58. The topological polar surface area (TPSA) is 15.8 Å². The van der Waals surface area contributed by atoms with Crippen LogP contribution in [-0.2, 0) is 0 Å². The van der Waals surface area contributed by atoms with Gasteiger partial charge in [-0.15, -0.1) is 0 Å². The van der Waals surface area contributed by atoms with E-state index in [0.29, 0.717) is 0 Å². The van der Waals surface area contributed by atoms with E-state index in [4.69, 9.17) is 0 Å². The number of aromatic amines is 1. The van der Waals surface area contributed by atoms with E-state index in [0.717, 1.165) is 0 Å². The zero-order chi connectivity index (χ0) is 11.5. The monoisotopic (exact) mass is 211 g/mol. The Labute approximate surface area is 96.1 Å². The van der Waals surface area contributed by atoms with Crippen molar-refractivity contribution in [3.8, 4) is 0 Å². The van der Waals surface area contributed by atoms with Crippen LogP contribution in [0.3, 0.4) is 0 Å². The summed E-state index contributed by atoms with van der Waals surface area (Å²) < 4.78 is 0. The first-order valence-corrected chi connectivity index (χ1v) is 5.82. The van der Waals surface area contributed by atoms with E-state index in [1.54, 1.807) is 0 Å². The molecule has 0 aliphatic heterocycles. The van der Waals surface area contributed by atoms with Crippen molar-refractivity contribution in [3.63, 3.8) is 0 Å². The smallest absolute Gasteiger partial charge is 0.0463 e. The third-order valence-corrected chi connectivity index (χ3v) is 2.77. The molecule has 0 aliphatic rings. The lowest BCUT2D eigenvalue weighted by Crippen LogP contribution is -1.75. The molecular weight excluding hydrogens is 194 g/mol. The van der Waals surface area contributed by atoms with Gasteiger partial charge in [0.25, 0.3) is 0 Å². The van der Waals surface area contributed by atoms with Crippen LogP contribution >= 0.6 is 0 Å². The molecule has 3 aromatic rings. The van der Waals surface area contributed by atoms with Crippen LogP contribution in [0.4, 0.5) is 0 Å². The summed E-state index contributed by atoms with van der Waals surface area (Å²) in [6.45, 7) is 6.14. The molecule has 0 amide bonds. The Morgan fingerprint density at radius 2 is 1.69 bits per heavy atom. The van der Waals surface area contributed by atoms with Crippen molar-refractivity contribution in [2.45, 2.75) is 20.8 Å². The normalized spacial score (nSPS) is 10.2. The number of hydrogen-bond acceptors (Lipinski definition) is 0. The molecule has 0 radical (unpaired) electrons. The second kappa shape index (κ2) is 4.40. The summed E-state index contributed by atoms with van der Waals surface area (Å²) in [7, 11) is 0. The van der Waals surface area contributed by atoms with Crippen molar-refractivity contribution in [3.05, 3.63) is 48.2 Å². The van der Waals surface area contributed by atoms with Gasteiger partial charge in [0, 0.05) is 17.1 Å². The average Bonchev–Trinajstić information content (AvgIpc) is 2.74. The number of benzene rings is 2. The molecule has 82 valence electrons. The lowest BCUT2D eigenvalue weighted by Gasteiger charge is -1.99. The van der Waals surface area contributed by atoms with Crippen LogP contribution in [0.2, 0.25) is 0 Å². The maximum atomic E-state index is 3.28. The van der Waals surface area contributed by atoms with Gasteiger partial charge in [0.15, 0.2) is 0 Å². The predicted octanol–water partition coefficient (Wildman–Crippen LogP) is 4.66. The highest BCUT2D eigenvalue weighted by Gasteiger charge is 2.03. The quantitative estimate of drug-likeness (QED) is 0.557. The van der Waals surface area contributed by atoms with Gasteiger partial charge in [-0.3, -0.25) is 0 Å². The molecule has 0 saturated carbocycles. The lowest BCUT2D eigenvalue weighted by molar-refractivity contribution is 1.43. The number of nitrogens with one attached hydrogen (secondary N) is 1. The third-order valence-electron chi connectivity index (χ3n) is 2.77. The highest BCUT2D eigenvalue weighted by atomic mass is 14.7. The Bertz CT molecular complexity index is 605.